The summed E-state index contributed by atoms with van der Waals surface area (Å²) in [5.41, 5.74) is 6.14. The Morgan fingerprint density at radius 2 is 2.30 bits per heavy atom. The molecule has 4 unspecified atom stereocenters. The summed E-state index contributed by atoms with van der Waals surface area (Å²) in [7, 11) is -3.70. The van der Waals surface area contributed by atoms with Gasteiger partial charge in [0.15, 0.2) is 0 Å². The largest absolute Gasteiger partial charge is 0.376 e. The van der Waals surface area contributed by atoms with Crippen molar-refractivity contribution in [1.29, 1.82) is 5.26 Å². The fraction of sp³-hybridized carbons (Fsp3) is 0.500. The van der Waals surface area contributed by atoms with E-state index in [1.807, 2.05) is 6.07 Å². The van der Waals surface area contributed by atoms with Crippen molar-refractivity contribution in [2.75, 3.05) is 6.61 Å². The fourth-order valence-corrected chi connectivity index (χ4v) is 3.97. The zero-order valence-electron chi connectivity index (χ0n) is 10.6. The van der Waals surface area contributed by atoms with Gasteiger partial charge >= 0.3 is 0 Å². The standard InChI is InChI=1S/C12H14N4O3S/c13-5-7-1-2-8(6-15-7)20(17,18)16-11-10(14)9-3-4-19-12(9)11/h1-2,6,9-12,16H,3-4,14H2. The zero-order chi connectivity index (χ0) is 14.3. The zero-order valence-corrected chi connectivity index (χ0v) is 11.4. The van der Waals surface area contributed by atoms with E-state index in [1.54, 1.807) is 0 Å². The molecular formula is C12H14N4O3S. The second-order valence-electron chi connectivity index (χ2n) is 5.00. The minimum atomic E-state index is -3.70. The van der Waals surface area contributed by atoms with Crippen LogP contribution in [0.1, 0.15) is 12.1 Å². The quantitative estimate of drug-likeness (QED) is 0.764. The third kappa shape index (κ3) is 2.09. The molecule has 1 aliphatic heterocycles. The number of sulfonamides is 1. The summed E-state index contributed by atoms with van der Waals surface area (Å²) in [6.07, 6.45) is 1.91. The Hall–Kier alpha value is -1.53. The first-order valence-corrected chi connectivity index (χ1v) is 7.77. The Labute approximate surface area is 116 Å². The van der Waals surface area contributed by atoms with Gasteiger partial charge in [0.2, 0.25) is 10.0 Å². The highest BCUT2D eigenvalue weighted by Gasteiger charge is 2.53. The lowest BCUT2D eigenvalue weighted by atomic mass is 9.73. The second kappa shape index (κ2) is 4.79. The van der Waals surface area contributed by atoms with Gasteiger partial charge in [-0.3, -0.25) is 0 Å². The van der Waals surface area contributed by atoms with Gasteiger partial charge in [-0.05, 0) is 18.6 Å². The number of nitrogens with one attached hydrogen (secondary N) is 1. The van der Waals surface area contributed by atoms with Crippen LogP contribution in [0, 0.1) is 17.2 Å². The summed E-state index contributed by atoms with van der Waals surface area (Å²) in [5.74, 6) is 0.238. The number of rotatable bonds is 3. The van der Waals surface area contributed by atoms with Crippen LogP contribution in [-0.2, 0) is 14.8 Å². The van der Waals surface area contributed by atoms with Crippen molar-refractivity contribution in [3.8, 4) is 6.07 Å². The molecule has 3 rings (SSSR count). The van der Waals surface area contributed by atoms with E-state index >= 15 is 0 Å². The van der Waals surface area contributed by atoms with E-state index in [0.29, 0.717) is 6.61 Å². The van der Waals surface area contributed by atoms with E-state index in [2.05, 4.69) is 9.71 Å². The molecule has 0 radical (unpaired) electrons. The summed E-state index contributed by atoms with van der Waals surface area (Å²) < 4.78 is 32.5. The number of ether oxygens (including phenoxy) is 1. The number of nitrogens with two attached hydrogens (primary N) is 1. The Balaban J connectivity index is 1.77. The maximum Gasteiger partial charge on any atom is 0.242 e. The number of hydrogen-bond acceptors (Lipinski definition) is 6. The lowest BCUT2D eigenvalue weighted by molar-refractivity contribution is -0.00924. The molecule has 1 aliphatic carbocycles. The van der Waals surface area contributed by atoms with Crippen LogP contribution < -0.4 is 10.5 Å². The van der Waals surface area contributed by atoms with Gasteiger partial charge in [-0.15, -0.1) is 0 Å². The minimum Gasteiger partial charge on any atom is -0.376 e. The highest BCUT2D eigenvalue weighted by atomic mass is 32.2. The fourth-order valence-electron chi connectivity index (χ4n) is 2.75. The molecule has 7 nitrogen and oxygen atoms in total. The first kappa shape index (κ1) is 13.5. The van der Waals surface area contributed by atoms with Gasteiger partial charge in [0.05, 0.1) is 12.1 Å². The molecule has 2 fully saturated rings. The van der Waals surface area contributed by atoms with E-state index in [9.17, 15) is 8.42 Å². The highest BCUT2D eigenvalue weighted by Crippen LogP contribution is 2.38. The van der Waals surface area contributed by atoms with Crippen LogP contribution in [0.2, 0.25) is 0 Å². The Bertz CT molecular complexity index is 652. The van der Waals surface area contributed by atoms with Crippen LogP contribution in [0.4, 0.5) is 0 Å². The number of hydrogen-bond donors (Lipinski definition) is 2. The predicted octanol–water partition coefficient (Wildman–Crippen LogP) is -0.654. The number of nitriles is 1. The van der Waals surface area contributed by atoms with Crippen molar-refractivity contribution in [2.45, 2.75) is 29.5 Å². The monoisotopic (exact) mass is 294 g/mol. The smallest absolute Gasteiger partial charge is 0.242 e. The maximum absolute atomic E-state index is 12.2. The van der Waals surface area contributed by atoms with Crippen molar-refractivity contribution in [2.24, 2.45) is 11.7 Å². The molecule has 3 N–H and O–H groups in total. The Kier molecular flexibility index (Phi) is 3.22. The van der Waals surface area contributed by atoms with E-state index in [0.717, 1.165) is 12.6 Å². The molecule has 1 saturated carbocycles. The molecule has 2 aliphatic rings. The first-order chi connectivity index (χ1) is 9.53. The maximum atomic E-state index is 12.2. The second-order valence-corrected chi connectivity index (χ2v) is 6.72. The number of aromatic nitrogens is 1. The van der Waals surface area contributed by atoms with Crippen molar-refractivity contribution in [3.05, 3.63) is 24.0 Å². The molecule has 0 amide bonds. The number of fused-ring (bicyclic) bond motifs is 1. The van der Waals surface area contributed by atoms with Crippen LogP contribution in [0.3, 0.4) is 0 Å². The predicted molar refractivity (Wildman–Crippen MR) is 68.9 cm³/mol. The highest BCUT2D eigenvalue weighted by molar-refractivity contribution is 7.89. The van der Waals surface area contributed by atoms with Crippen molar-refractivity contribution in [3.63, 3.8) is 0 Å². The summed E-state index contributed by atoms with van der Waals surface area (Å²) in [6, 6.07) is 3.94. The average Bonchev–Trinajstić information content (AvgIpc) is 2.90. The third-order valence-electron chi connectivity index (χ3n) is 3.90. The summed E-state index contributed by atoms with van der Waals surface area (Å²) in [4.78, 5) is 3.78. The van der Waals surface area contributed by atoms with Gasteiger partial charge < -0.3 is 10.5 Å². The molecule has 1 aromatic rings. The van der Waals surface area contributed by atoms with E-state index < -0.39 is 16.1 Å². The van der Waals surface area contributed by atoms with Gasteiger partial charge in [0, 0.05) is 24.8 Å². The molecule has 20 heavy (non-hydrogen) atoms. The van der Waals surface area contributed by atoms with E-state index in [1.165, 1.54) is 12.1 Å². The Morgan fingerprint density at radius 1 is 1.50 bits per heavy atom. The number of nitrogens with zero attached hydrogens (tertiary/aromatic N) is 2. The van der Waals surface area contributed by atoms with E-state index in [4.69, 9.17) is 15.7 Å². The molecule has 2 heterocycles. The molecule has 0 bridgehead atoms. The van der Waals surface area contributed by atoms with E-state index in [-0.39, 0.29) is 28.7 Å². The summed E-state index contributed by atoms with van der Waals surface area (Å²) in [5, 5.41) is 8.65. The molecule has 1 saturated heterocycles. The van der Waals surface area contributed by atoms with Crippen LogP contribution >= 0.6 is 0 Å². The summed E-state index contributed by atoms with van der Waals surface area (Å²) >= 11 is 0. The molecular weight excluding hydrogens is 280 g/mol. The molecule has 8 heteroatoms. The van der Waals surface area contributed by atoms with Crippen LogP contribution in [0.15, 0.2) is 23.2 Å². The third-order valence-corrected chi connectivity index (χ3v) is 5.34. The normalized spacial score (nSPS) is 32.2. The molecule has 0 aromatic carbocycles. The SMILES string of the molecule is N#Cc1ccc(S(=O)(=O)NC2C(N)C3CCOC32)cn1. The van der Waals surface area contributed by atoms with Crippen LogP contribution in [0.25, 0.3) is 0 Å². The molecule has 4 atom stereocenters. The molecule has 0 spiro atoms. The number of pyridine rings is 1. The molecule has 106 valence electrons. The van der Waals surface area contributed by atoms with Gasteiger partial charge in [-0.2, -0.15) is 5.26 Å². The van der Waals surface area contributed by atoms with Crippen molar-refractivity contribution >= 4 is 10.0 Å². The first-order valence-electron chi connectivity index (χ1n) is 6.28. The van der Waals surface area contributed by atoms with Crippen molar-refractivity contribution in [1.82, 2.24) is 9.71 Å². The lowest BCUT2D eigenvalue weighted by Gasteiger charge is -2.45. The van der Waals surface area contributed by atoms with Gasteiger partial charge in [-0.25, -0.2) is 18.1 Å². The minimum absolute atomic E-state index is 0.0187. The Morgan fingerprint density at radius 3 is 2.95 bits per heavy atom. The average molecular weight is 294 g/mol. The van der Waals surface area contributed by atoms with Crippen molar-refractivity contribution < 1.29 is 13.2 Å². The lowest BCUT2D eigenvalue weighted by Crippen LogP contribution is -2.68. The summed E-state index contributed by atoms with van der Waals surface area (Å²) in [6.45, 7) is 0.625. The topological polar surface area (TPSA) is 118 Å². The van der Waals surface area contributed by atoms with Crippen LogP contribution in [0.5, 0.6) is 0 Å². The van der Waals surface area contributed by atoms with Gasteiger partial charge in [0.25, 0.3) is 0 Å². The molecule has 1 aromatic heterocycles. The van der Waals surface area contributed by atoms with Crippen LogP contribution in [-0.4, -0.2) is 38.2 Å². The van der Waals surface area contributed by atoms with Gasteiger partial charge in [-0.1, -0.05) is 0 Å². The van der Waals surface area contributed by atoms with Gasteiger partial charge in [0.1, 0.15) is 16.7 Å².